The van der Waals surface area contributed by atoms with Crippen LogP contribution in [-0.4, -0.2) is 41.1 Å². The van der Waals surface area contributed by atoms with Crippen LogP contribution >= 0.6 is 11.6 Å². The number of ether oxygens (including phenoxy) is 1. The summed E-state index contributed by atoms with van der Waals surface area (Å²) >= 11 is 5.81. The first-order chi connectivity index (χ1) is 13.8. The number of rotatable bonds is 7. The van der Waals surface area contributed by atoms with Crippen LogP contribution in [-0.2, 0) is 9.53 Å². The highest BCUT2D eigenvalue weighted by Crippen LogP contribution is 2.27. The Morgan fingerprint density at radius 2 is 1.52 bits per heavy atom. The summed E-state index contributed by atoms with van der Waals surface area (Å²) < 4.78 is 5.19. The van der Waals surface area contributed by atoms with Gasteiger partial charge in [0.1, 0.15) is 6.04 Å². The van der Waals surface area contributed by atoms with Crippen molar-refractivity contribution in [3.63, 3.8) is 0 Å². The number of amides is 2. The van der Waals surface area contributed by atoms with Crippen LogP contribution in [0.25, 0.3) is 0 Å². The van der Waals surface area contributed by atoms with Crippen molar-refractivity contribution in [2.45, 2.75) is 26.3 Å². The van der Waals surface area contributed by atoms with Crippen LogP contribution < -0.4 is 0 Å². The SMILES string of the molecule is CC(C)CC(C(=O)OCC(=O)c1ccc(Cl)cc1)N1C(=O)c2ccccc2C1=O. The zero-order chi connectivity index (χ0) is 21.1. The van der Waals surface area contributed by atoms with E-state index in [1.54, 1.807) is 36.4 Å². The van der Waals surface area contributed by atoms with Crippen molar-refractivity contribution in [3.8, 4) is 0 Å². The molecular formula is C22H20ClNO5. The van der Waals surface area contributed by atoms with Crippen molar-refractivity contribution in [1.29, 1.82) is 0 Å². The number of imide groups is 1. The summed E-state index contributed by atoms with van der Waals surface area (Å²) in [6.07, 6.45) is 0.236. The Kier molecular flexibility index (Phi) is 6.13. The fourth-order valence-electron chi connectivity index (χ4n) is 3.20. The zero-order valence-corrected chi connectivity index (χ0v) is 16.8. The van der Waals surface area contributed by atoms with Gasteiger partial charge < -0.3 is 4.74 Å². The van der Waals surface area contributed by atoms with Crippen LogP contribution in [0.3, 0.4) is 0 Å². The minimum absolute atomic E-state index is 0.0174. The molecule has 6 nitrogen and oxygen atoms in total. The highest BCUT2D eigenvalue weighted by molar-refractivity contribution is 6.30. The molecule has 1 heterocycles. The van der Waals surface area contributed by atoms with Gasteiger partial charge in [0.2, 0.25) is 0 Å². The molecule has 0 saturated carbocycles. The Balaban J connectivity index is 1.76. The summed E-state index contributed by atoms with van der Waals surface area (Å²) in [6.45, 7) is 3.26. The van der Waals surface area contributed by atoms with E-state index in [0.717, 1.165) is 4.90 Å². The van der Waals surface area contributed by atoms with Gasteiger partial charge in [-0.2, -0.15) is 0 Å². The number of nitrogens with zero attached hydrogens (tertiary/aromatic N) is 1. The van der Waals surface area contributed by atoms with E-state index in [9.17, 15) is 19.2 Å². The topological polar surface area (TPSA) is 80.8 Å². The average Bonchev–Trinajstić information content (AvgIpc) is 2.95. The first kappa shape index (κ1) is 20.7. The minimum atomic E-state index is -1.10. The van der Waals surface area contributed by atoms with Crippen LogP contribution in [0.15, 0.2) is 48.5 Å². The molecule has 0 aliphatic carbocycles. The summed E-state index contributed by atoms with van der Waals surface area (Å²) in [5.74, 6) is -2.23. The molecule has 0 fully saturated rings. The second-order valence-corrected chi connectivity index (χ2v) is 7.65. The number of carbonyl (C=O) groups is 4. The van der Waals surface area contributed by atoms with Gasteiger partial charge >= 0.3 is 5.97 Å². The number of fused-ring (bicyclic) bond motifs is 1. The van der Waals surface area contributed by atoms with Gasteiger partial charge in [-0.1, -0.05) is 37.6 Å². The second kappa shape index (κ2) is 8.57. The third-order valence-corrected chi connectivity index (χ3v) is 4.87. The lowest BCUT2D eigenvalue weighted by Gasteiger charge is -2.25. The monoisotopic (exact) mass is 413 g/mol. The fraction of sp³-hybridized carbons (Fsp3) is 0.273. The Labute approximate surface area is 173 Å². The molecule has 0 bridgehead atoms. The van der Waals surface area contributed by atoms with Crippen molar-refractivity contribution < 1.29 is 23.9 Å². The summed E-state index contributed by atoms with van der Waals surface area (Å²) in [5.41, 5.74) is 0.871. The van der Waals surface area contributed by atoms with Crippen molar-refractivity contribution in [2.24, 2.45) is 5.92 Å². The van der Waals surface area contributed by atoms with Gasteiger partial charge in [-0.3, -0.25) is 19.3 Å². The van der Waals surface area contributed by atoms with Crippen molar-refractivity contribution in [3.05, 3.63) is 70.2 Å². The molecule has 1 unspecified atom stereocenters. The van der Waals surface area contributed by atoms with Crippen molar-refractivity contribution in [1.82, 2.24) is 4.90 Å². The van der Waals surface area contributed by atoms with E-state index >= 15 is 0 Å². The lowest BCUT2D eigenvalue weighted by molar-refractivity contribution is -0.147. The number of halogens is 1. The van der Waals surface area contributed by atoms with E-state index in [2.05, 4.69) is 0 Å². The van der Waals surface area contributed by atoms with Gasteiger partial charge in [0, 0.05) is 10.6 Å². The summed E-state index contributed by atoms with van der Waals surface area (Å²) in [6, 6.07) is 11.5. The lowest BCUT2D eigenvalue weighted by Crippen LogP contribution is -2.46. The normalized spacial score (nSPS) is 14.1. The summed E-state index contributed by atoms with van der Waals surface area (Å²) in [5, 5.41) is 0.487. The van der Waals surface area contributed by atoms with Crippen LogP contribution in [0.5, 0.6) is 0 Å². The van der Waals surface area contributed by atoms with E-state index in [1.807, 2.05) is 13.8 Å². The highest BCUT2D eigenvalue weighted by atomic mass is 35.5. The lowest BCUT2D eigenvalue weighted by atomic mass is 10.0. The molecule has 150 valence electrons. The Hall–Kier alpha value is -2.99. The molecule has 2 amide bonds. The fourth-order valence-corrected chi connectivity index (χ4v) is 3.32. The molecule has 0 spiro atoms. The molecule has 1 aliphatic heterocycles. The van der Waals surface area contributed by atoms with E-state index in [0.29, 0.717) is 10.6 Å². The summed E-state index contributed by atoms with van der Waals surface area (Å²) in [7, 11) is 0. The maximum Gasteiger partial charge on any atom is 0.329 e. The third-order valence-electron chi connectivity index (χ3n) is 4.62. The third kappa shape index (κ3) is 4.38. The van der Waals surface area contributed by atoms with E-state index < -0.39 is 36.2 Å². The Bertz CT molecular complexity index is 932. The largest absolute Gasteiger partial charge is 0.456 e. The summed E-state index contributed by atoms with van der Waals surface area (Å²) in [4.78, 5) is 51.5. The maximum atomic E-state index is 12.8. The molecular weight excluding hydrogens is 394 g/mol. The maximum absolute atomic E-state index is 12.8. The number of hydrogen-bond donors (Lipinski definition) is 0. The van der Waals surface area contributed by atoms with E-state index in [-0.39, 0.29) is 23.5 Å². The van der Waals surface area contributed by atoms with Crippen LogP contribution in [0, 0.1) is 5.92 Å². The minimum Gasteiger partial charge on any atom is -0.456 e. The standard InChI is InChI=1S/C22H20ClNO5/c1-13(2)11-18(24-20(26)16-5-3-4-6-17(16)21(24)27)22(28)29-12-19(25)14-7-9-15(23)10-8-14/h3-10,13,18H,11-12H2,1-2H3. The molecule has 0 saturated heterocycles. The smallest absolute Gasteiger partial charge is 0.329 e. The highest BCUT2D eigenvalue weighted by Gasteiger charge is 2.43. The molecule has 29 heavy (non-hydrogen) atoms. The number of carbonyl (C=O) groups excluding carboxylic acids is 4. The molecule has 0 radical (unpaired) electrons. The number of ketones is 1. The molecule has 0 N–H and O–H groups in total. The van der Waals surface area contributed by atoms with E-state index in [1.165, 1.54) is 12.1 Å². The van der Waals surface area contributed by atoms with Gasteiger partial charge in [0.25, 0.3) is 11.8 Å². The van der Waals surface area contributed by atoms with Gasteiger partial charge in [0.05, 0.1) is 11.1 Å². The number of hydrogen-bond acceptors (Lipinski definition) is 5. The first-order valence-corrected chi connectivity index (χ1v) is 9.59. The molecule has 2 aromatic carbocycles. The molecule has 1 aliphatic rings. The number of esters is 1. The Morgan fingerprint density at radius 3 is 2.03 bits per heavy atom. The number of Topliss-reactive ketones (excluding diaryl/α,β-unsaturated/α-hetero) is 1. The quantitative estimate of drug-likeness (QED) is 0.392. The predicted octanol–water partition coefficient (Wildman–Crippen LogP) is 3.78. The van der Waals surface area contributed by atoms with Crippen LogP contribution in [0.1, 0.15) is 51.3 Å². The molecule has 0 aromatic heterocycles. The second-order valence-electron chi connectivity index (χ2n) is 7.21. The van der Waals surface area contributed by atoms with Crippen LogP contribution in [0.2, 0.25) is 5.02 Å². The predicted molar refractivity (Wildman–Crippen MR) is 107 cm³/mol. The first-order valence-electron chi connectivity index (χ1n) is 9.22. The Morgan fingerprint density at radius 1 is 0.966 bits per heavy atom. The van der Waals surface area contributed by atoms with Gasteiger partial charge in [-0.05, 0) is 48.7 Å². The molecule has 3 rings (SSSR count). The van der Waals surface area contributed by atoms with Gasteiger partial charge in [-0.25, -0.2) is 4.79 Å². The van der Waals surface area contributed by atoms with Crippen molar-refractivity contribution in [2.75, 3.05) is 6.61 Å². The van der Waals surface area contributed by atoms with Crippen molar-refractivity contribution >= 4 is 35.2 Å². The molecule has 2 aromatic rings. The van der Waals surface area contributed by atoms with Gasteiger partial charge in [-0.15, -0.1) is 0 Å². The molecule has 7 heteroatoms. The average molecular weight is 414 g/mol. The van der Waals surface area contributed by atoms with E-state index in [4.69, 9.17) is 16.3 Å². The van der Waals surface area contributed by atoms with Crippen LogP contribution in [0.4, 0.5) is 0 Å². The molecule has 1 atom stereocenters. The van der Waals surface area contributed by atoms with Gasteiger partial charge in [0.15, 0.2) is 12.4 Å². The zero-order valence-electron chi connectivity index (χ0n) is 16.1. The number of benzene rings is 2.